The molecule has 0 aliphatic rings. The molecular formula is C26H18F8N4O3. The van der Waals surface area contributed by atoms with E-state index in [1.807, 2.05) is 0 Å². The van der Waals surface area contributed by atoms with E-state index in [0.29, 0.717) is 18.0 Å². The first-order valence-electron chi connectivity index (χ1n) is 11.4. The average molecular weight is 586 g/mol. The summed E-state index contributed by atoms with van der Waals surface area (Å²) in [5.74, 6) is -2.08. The van der Waals surface area contributed by atoms with E-state index in [1.165, 1.54) is 12.1 Å². The minimum atomic E-state index is -4.61. The van der Waals surface area contributed by atoms with Gasteiger partial charge in [-0.3, -0.25) is 9.97 Å². The molecule has 7 nitrogen and oxygen atoms in total. The molecule has 15 heteroatoms. The SMILES string of the molecule is CCOC(=O)c1cc(F)cc(-c2cnc(C(F)(F)F)cn2)c1.OCc1cc(F)cc(-c2cnc(C(F)(F)F)cn2)c1. The average Bonchev–Trinajstić information content (AvgIpc) is 2.92. The summed E-state index contributed by atoms with van der Waals surface area (Å²) in [5, 5.41) is 8.93. The number of carbonyl (C=O) groups excluding carboxylic acids is 1. The molecule has 4 rings (SSSR count). The molecule has 0 aliphatic carbocycles. The summed E-state index contributed by atoms with van der Waals surface area (Å²) in [6, 6.07) is 6.95. The van der Waals surface area contributed by atoms with Crippen molar-refractivity contribution in [2.24, 2.45) is 0 Å². The van der Waals surface area contributed by atoms with Crippen LogP contribution in [0.15, 0.2) is 61.2 Å². The molecule has 0 aliphatic heterocycles. The van der Waals surface area contributed by atoms with Crippen LogP contribution in [0, 0.1) is 11.6 Å². The molecule has 2 aromatic heterocycles. The molecule has 0 radical (unpaired) electrons. The topological polar surface area (TPSA) is 98.1 Å². The Balaban J connectivity index is 0.000000228. The lowest BCUT2D eigenvalue weighted by Gasteiger charge is -2.07. The van der Waals surface area contributed by atoms with E-state index in [9.17, 15) is 39.9 Å². The Morgan fingerprint density at radius 2 is 1.22 bits per heavy atom. The van der Waals surface area contributed by atoms with Gasteiger partial charge in [0.25, 0.3) is 0 Å². The second kappa shape index (κ2) is 12.8. The minimum Gasteiger partial charge on any atom is -0.462 e. The van der Waals surface area contributed by atoms with Crippen LogP contribution in [0.4, 0.5) is 35.1 Å². The number of ether oxygens (including phenoxy) is 1. The number of aliphatic hydroxyl groups excluding tert-OH is 1. The van der Waals surface area contributed by atoms with E-state index in [4.69, 9.17) is 9.84 Å². The molecule has 0 saturated carbocycles. The Kier molecular flexibility index (Phi) is 9.65. The van der Waals surface area contributed by atoms with E-state index in [2.05, 4.69) is 19.9 Å². The van der Waals surface area contributed by atoms with Gasteiger partial charge in [-0.25, -0.2) is 23.5 Å². The van der Waals surface area contributed by atoms with Crippen LogP contribution >= 0.6 is 0 Å². The largest absolute Gasteiger partial charge is 0.462 e. The maximum Gasteiger partial charge on any atom is 0.434 e. The lowest BCUT2D eigenvalue weighted by Crippen LogP contribution is -2.08. The second-order valence-corrected chi connectivity index (χ2v) is 8.02. The number of carbonyl (C=O) groups is 1. The van der Waals surface area contributed by atoms with Gasteiger partial charge in [0.1, 0.15) is 11.6 Å². The quantitative estimate of drug-likeness (QED) is 0.217. The number of hydrogen-bond donors (Lipinski definition) is 1. The number of halogens is 8. The molecule has 0 atom stereocenters. The van der Waals surface area contributed by atoms with Gasteiger partial charge in [-0.05, 0) is 48.9 Å². The second-order valence-electron chi connectivity index (χ2n) is 8.02. The first-order valence-corrected chi connectivity index (χ1v) is 11.4. The summed E-state index contributed by atoms with van der Waals surface area (Å²) in [5.41, 5.74) is -1.53. The molecule has 2 aromatic carbocycles. The number of aromatic nitrogens is 4. The van der Waals surface area contributed by atoms with Crippen molar-refractivity contribution < 1.29 is 49.8 Å². The number of nitrogens with zero attached hydrogens (tertiary/aromatic N) is 4. The molecule has 2 heterocycles. The van der Waals surface area contributed by atoms with Gasteiger partial charge in [0.05, 0.1) is 55.0 Å². The fourth-order valence-corrected chi connectivity index (χ4v) is 3.21. The third kappa shape index (κ3) is 8.48. The highest BCUT2D eigenvalue weighted by Crippen LogP contribution is 2.29. The van der Waals surface area contributed by atoms with Crippen LogP contribution < -0.4 is 0 Å². The van der Waals surface area contributed by atoms with Crippen molar-refractivity contribution in [2.45, 2.75) is 25.9 Å². The number of rotatable bonds is 5. The van der Waals surface area contributed by atoms with Gasteiger partial charge < -0.3 is 9.84 Å². The highest BCUT2D eigenvalue weighted by Gasteiger charge is 2.33. The molecule has 0 saturated heterocycles. The normalized spacial score (nSPS) is 11.5. The van der Waals surface area contributed by atoms with Crippen molar-refractivity contribution in [3.05, 3.63) is 95.3 Å². The third-order valence-corrected chi connectivity index (χ3v) is 5.03. The van der Waals surface area contributed by atoms with Crippen molar-refractivity contribution in [1.82, 2.24) is 19.9 Å². The van der Waals surface area contributed by atoms with E-state index < -0.39 is 41.3 Å². The summed E-state index contributed by atoms with van der Waals surface area (Å²) in [4.78, 5) is 25.3. The van der Waals surface area contributed by atoms with E-state index in [1.54, 1.807) is 6.92 Å². The maximum absolute atomic E-state index is 13.5. The Morgan fingerprint density at radius 3 is 1.63 bits per heavy atom. The van der Waals surface area contributed by atoms with Crippen molar-refractivity contribution in [3.63, 3.8) is 0 Å². The predicted octanol–water partition coefficient (Wildman–Crippen LogP) is 6.27. The minimum absolute atomic E-state index is 0.0121. The van der Waals surface area contributed by atoms with E-state index in [0.717, 1.165) is 36.7 Å². The maximum atomic E-state index is 13.5. The van der Waals surface area contributed by atoms with Gasteiger partial charge in [-0.15, -0.1) is 0 Å². The van der Waals surface area contributed by atoms with Gasteiger partial charge in [0, 0.05) is 11.1 Å². The van der Waals surface area contributed by atoms with Crippen LogP contribution in [0.2, 0.25) is 0 Å². The van der Waals surface area contributed by atoms with Crippen LogP contribution in [0.1, 0.15) is 34.2 Å². The molecule has 0 spiro atoms. The number of hydrogen-bond acceptors (Lipinski definition) is 7. The van der Waals surface area contributed by atoms with Crippen molar-refractivity contribution in [1.29, 1.82) is 0 Å². The van der Waals surface area contributed by atoms with Gasteiger partial charge in [-0.1, -0.05) is 0 Å². The van der Waals surface area contributed by atoms with Crippen LogP contribution in [-0.2, 0) is 23.7 Å². The zero-order valence-corrected chi connectivity index (χ0v) is 20.8. The molecule has 1 N–H and O–H groups in total. The van der Waals surface area contributed by atoms with E-state index in [-0.39, 0.29) is 41.3 Å². The first-order chi connectivity index (χ1) is 19.2. The molecule has 0 amide bonds. The monoisotopic (exact) mass is 586 g/mol. The number of esters is 1. The number of alkyl halides is 6. The summed E-state index contributed by atoms with van der Waals surface area (Å²) in [6.45, 7) is 1.34. The Morgan fingerprint density at radius 1 is 0.732 bits per heavy atom. The predicted molar refractivity (Wildman–Crippen MR) is 127 cm³/mol. The zero-order valence-electron chi connectivity index (χ0n) is 20.8. The summed E-state index contributed by atoms with van der Waals surface area (Å²) in [6.07, 6.45) is -6.26. The lowest BCUT2D eigenvalue weighted by atomic mass is 10.1. The van der Waals surface area contributed by atoms with Gasteiger partial charge >= 0.3 is 18.3 Å². The van der Waals surface area contributed by atoms with Gasteiger partial charge in [0.2, 0.25) is 0 Å². The highest BCUT2D eigenvalue weighted by atomic mass is 19.4. The first kappa shape index (κ1) is 31.0. The van der Waals surface area contributed by atoms with Crippen LogP contribution in [0.5, 0.6) is 0 Å². The zero-order chi connectivity index (χ0) is 30.4. The third-order valence-electron chi connectivity index (χ3n) is 5.03. The molecule has 216 valence electrons. The van der Waals surface area contributed by atoms with Crippen LogP contribution in [0.3, 0.4) is 0 Å². The Labute approximate surface area is 226 Å². The molecule has 41 heavy (non-hydrogen) atoms. The van der Waals surface area contributed by atoms with Crippen LogP contribution in [0.25, 0.3) is 22.5 Å². The van der Waals surface area contributed by atoms with Crippen molar-refractivity contribution in [3.8, 4) is 22.5 Å². The number of benzene rings is 2. The fourth-order valence-electron chi connectivity index (χ4n) is 3.21. The highest BCUT2D eigenvalue weighted by molar-refractivity contribution is 5.90. The van der Waals surface area contributed by atoms with Crippen molar-refractivity contribution >= 4 is 5.97 Å². The standard InChI is InChI=1S/C14H10F4N2O2.C12H8F4N2O/c1-2-22-13(21)9-3-8(4-10(15)5-9)11-6-20-12(7-19-11)14(16,17)18;13-9-2-7(6-19)1-8(3-9)10-4-18-11(5-17-10)12(14,15)16/h3-7H,2H2,1H3;1-5,19H,6H2. The van der Waals surface area contributed by atoms with Crippen molar-refractivity contribution in [2.75, 3.05) is 6.61 Å². The Hall–Kier alpha value is -4.53. The Bertz CT molecular complexity index is 1490. The molecule has 0 unspecified atom stereocenters. The molecular weight excluding hydrogens is 568 g/mol. The molecule has 0 fully saturated rings. The molecule has 4 aromatic rings. The molecule has 0 bridgehead atoms. The smallest absolute Gasteiger partial charge is 0.434 e. The van der Waals surface area contributed by atoms with Gasteiger partial charge in [0.15, 0.2) is 11.4 Å². The van der Waals surface area contributed by atoms with E-state index >= 15 is 0 Å². The van der Waals surface area contributed by atoms with Crippen LogP contribution in [-0.4, -0.2) is 37.6 Å². The lowest BCUT2D eigenvalue weighted by molar-refractivity contribution is -0.142. The summed E-state index contributed by atoms with van der Waals surface area (Å²) >= 11 is 0. The fraction of sp³-hybridized carbons (Fsp3) is 0.192. The number of aliphatic hydroxyl groups is 1. The summed E-state index contributed by atoms with van der Waals surface area (Å²) in [7, 11) is 0. The van der Waals surface area contributed by atoms with Gasteiger partial charge in [-0.2, -0.15) is 26.3 Å². The summed E-state index contributed by atoms with van der Waals surface area (Å²) < 4.78 is 106.